The van der Waals surface area contributed by atoms with Gasteiger partial charge in [0.15, 0.2) is 5.96 Å². The van der Waals surface area contributed by atoms with E-state index in [2.05, 4.69) is 39.9 Å². The van der Waals surface area contributed by atoms with E-state index in [-0.39, 0.29) is 0 Å². The molecule has 0 aliphatic rings. The Morgan fingerprint density at radius 1 is 1.04 bits per heavy atom. The largest absolute Gasteiger partial charge is 0.467 e. The van der Waals surface area contributed by atoms with Gasteiger partial charge in [-0.15, -0.1) is 0 Å². The van der Waals surface area contributed by atoms with Crippen LogP contribution in [0.3, 0.4) is 0 Å². The molecule has 1 aromatic heterocycles. The number of hydrogen-bond donors (Lipinski definition) is 2. The normalized spacial score (nSPS) is 11.5. The Hall–Kier alpha value is -2.27. The molecule has 0 aliphatic carbocycles. The molecule has 0 saturated heterocycles. The lowest BCUT2D eigenvalue weighted by molar-refractivity contribution is 0.133. The van der Waals surface area contributed by atoms with E-state index in [1.165, 1.54) is 5.56 Å². The van der Waals surface area contributed by atoms with E-state index < -0.39 is 0 Å². The van der Waals surface area contributed by atoms with Crippen molar-refractivity contribution in [3.63, 3.8) is 0 Å². The van der Waals surface area contributed by atoms with Crippen molar-refractivity contribution in [3.05, 3.63) is 60.1 Å². The van der Waals surface area contributed by atoms with Gasteiger partial charge >= 0.3 is 0 Å². The highest BCUT2D eigenvalue weighted by molar-refractivity contribution is 5.79. The number of aliphatic imine (C=N–C) groups is 1. The van der Waals surface area contributed by atoms with Gasteiger partial charge in [-0.25, -0.2) is 0 Å². The van der Waals surface area contributed by atoms with E-state index in [1.54, 1.807) is 13.3 Å². The summed E-state index contributed by atoms with van der Waals surface area (Å²) in [4.78, 5) is 4.19. The average molecular weight is 329 g/mol. The van der Waals surface area contributed by atoms with Crippen LogP contribution in [0, 0.1) is 0 Å². The van der Waals surface area contributed by atoms with Gasteiger partial charge in [0.05, 0.1) is 19.4 Å². The van der Waals surface area contributed by atoms with Crippen molar-refractivity contribution < 1.29 is 9.15 Å². The number of benzene rings is 1. The van der Waals surface area contributed by atoms with Crippen molar-refractivity contribution in [3.8, 4) is 0 Å². The average Bonchev–Trinajstić information content (AvgIpc) is 3.14. The second kappa shape index (κ2) is 11.3. The number of hydrogen-bond acceptors (Lipinski definition) is 3. The molecule has 0 spiro atoms. The summed E-state index contributed by atoms with van der Waals surface area (Å²) in [5.41, 5.74) is 1.32. The number of ether oxygens (including phenoxy) is 1. The van der Waals surface area contributed by atoms with Crippen LogP contribution in [0.4, 0.5) is 0 Å². The molecule has 0 fully saturated rings. The van der Waals surface area contributed by atoms with Gasteiger partial charge in [0.25, 0.3) is 0 Å². The van der Waals surface area contributed by atoms with E-state index in [1.807, 2.05) is 18.2 Å². The minimum Gasteiger partial charge on any atom is -0.467 e. The quantitative estimate of drug-likeness (QED) is 0.400. The molecule has 0 bridgehead atoms. The molecule has 130 valence electrons. The summed E-state index contributed by atoms with van der Waals surface area (Å²) < 4.78 is 11.0. The molecule has 1 heterocycles. The molecule has 0 amide bonds. The van der Waals surface area contributed by atoms with Crippen LogP contribution in [0.5, 0.6) is 0 Å². The molecule has 1 aromatic carbocycles. The second-order valence-corrected chi connectivity index (χ2v) is 5.49. The summed E-state index contributed by atoms with van der Waals surface area (Å²) in [6, 6.07) is 14.2. The first-order valence-corrected chi connectivity index (χ1v) is 8.47. The molecule has 24 heavy (non-hydrogen) atoms. The monoisotopic (exact) mass is 329 g/mol. The summed E-state index contributed by atoms with van der Waals surface area (Å²) in [5, 5.41) is 6.51. The van der Waals surface area contributed by atoms with E-state index in [0.717, 1.165) is 50.7 Å². The fourth-order valence-corrected chi connectivity index (χ4v) is 2.28. The zero-order chi connectivity index (χ0) is 16.9. The summed E-state index contributed by atoms with van der Waals surface area (Å²) in [6.07, 6.45) is 4.73. The summed E-state index contributed by atoms with van der Waals surface area (Å²) in [5.74, 6) is 1.68. The first-order chi connectivity index (χ1) is 11.9. The first-order valence-electron chi connectivity index (χ1n) is 8.47. The van der Waals surface area contributed by atoms with Crippen LogP contribution in [0.1, 0.15) is 24.2 Å². The Bertz CT molecular complexity index is 568. The van der Waals surface area contributed by atoms with E-state index in [9.17, 15) is 0 Å². The second-order valence-electron chi connectivity index (χ2n) is 5.49. The molecule has 5 nitrogen and oxygen atoms in total. The Kier molecular flexibility index (Phi) is 8.51. The number of unbranched alkanes of at least 4 members (excludes halogenated alkanes) is 1. The van der Waals surface area contributed by atoms with Crippen LogP contribution in [0.2, 0.25) is 0 Å². The van der Waals surface area contributed by atoms with Gasteiger partial charge < -0.3 is 19.8 Å². The molecular formula is C19H27N3O2. The van der Waals surface area contributed by atoms with Crippen molar-refractivity contribution in [2.24, 2.45) is 4.99 Å². The van der Waals surface area contributed by atoms with Gasteiger partial charge in [0.2, 0.25) is 0 Å². The third-order valence-electron chi connectivity index (χ3n) is 3.62. The van der Waals surface area contributed by atoms with Crippen LogP contribution < -0.4 is 10.6 Å². The number of furan rings is 1. The van der Waals surface area contributed by atoms with Gasteiger partial charge in [0, 0.05) is 20.2 Å². The van der Waals surface area contributed by atoms with Crippen molar-refractivity contribution in [1.82, 2.24) is 10.6 Å². The van der Waals surface area contributed by atoms with Crippen LogP contribution in [0.15, 0.2) is 58.1 Å². The zero-order valence-corrected chi connectivity index (χ0v) is 14.3. The van der Waals surface area contributed by atoms with Crippen molar-refractivity contribution in [2.75, 3.05) is 26.8 Å². The first kappa shape index (κ1) is 18.1. The third-order valence-corrected chi connectivity index (χ3v) is 3.62. The Morgan fingerprint density at radius 2 is 1.92 bits per heavy atom. The maximum atomic E-state index is 5.68. The van der Waals surface area contributed by atoms with Gasteiger partial charge in [-0.1, -0.05) is 30.3 Å². The number of nitrogens with one attached hydrogen (secondary N) is 2. The van der Waals surface area contributed by atoms with Crippen LogP contribution >= 0.6 is 0 Å². The van der Waals surface area contributed by atoms with Gasteiger partial charge in [-0.2, -0.15) is 0 Å². The maximum Gasteiger partial charge on any atom is 0.191 e. The number of nitrogens with zero attached hydrogens (tertiary/aromatic N) is 1. The molecule has 0 aliphatic heterocycles. The van der Waals surface area contributed by atoms with Gasteiger partial charge in [-0.3, -0.25) is 4.99 Å². The highest BCUT2D eigenvalue weighted by Gasteiger charge is 1.99. The molecule has 0 atom stereocenters. The topological polar surface area (TPSA) is 58.8 Å². The lowest BCUT2D eigenvalue weighted by atomic mass is 10.2. The lowest BCUT2D eigenvalue weighted by Gasteiger charge is -2.11. The predicted octanol–water partition coefficient (Wildman–Crippen LogP) is 2.98. The minimum atomic E-state index is 0.634. The zero-order valence-electron chi connectivity index (χ0n) is 14.3. The van der Waals surface area contributed by atoms with Crippen molar-refractivity contribution in [1.29, 1.82) is 0 Å². The Balaban J connectivity index is 1.45. The lowest BCUT2D eigenvalue weighted by Crippen LogP contribution is -2.37. The Labute approximate surface area is 144 Å². The smallest absolute Gasteiger partial charge is 0.191 e. The summed E-state index contributed by atoms with van der Waals surface area (Å²) >= 11 is 0. The molecule has 0 unspecified atom stereocenters. The van der Waals surface area contributed by atoms with Gasteiger partial charge in [-0.05, 0) is 37.0 Å². The summed E-state index contributed by atoms with van der Waals surface area (Å²) in [6.45, 7) is 3.09. The van der Waals surface area contributed by atoms with Crippen LogP contribution in [-0.4, -0.2) is 32.8 Å². The fraction of sp³-hybridized carbons (Fsp3) is 0.421. The fourth-order valence-electron chi connectivity index (χ4n) is 2.28. The van der Waals surface area contributed by atoms with E-state index in [4.69, 9.17) is 9.15 Å². The third kappa shape index (κ3) is 7.33. The van der Waals surface area contributed by atoms with Crippen molar-refractivity contribution >= 4 is 5.96 Å². The molecule has 5 heteroatoms. The van der Waals surface area contributed by atoms with Gasteiger partial charge in [0.1, 0.15) is 5.76 Å². The standard InChI is InChI=1S/C19H27N3O2/c1-20-19(22-16-18-10-7-14-24-18)21-12-5-6-13-23-15-11-17-8-3-2-4-9-17/h2-4,7-10,14H,5-6,11-13,15-16H2,1H3,(H2,20,21,22). The van der Waals surface area contributed by atoms with Crippen LogP contribution in [0.25, 0.3) is 0 Å². The highest BCUT2D eigenvalue weighted by Crippen LogP contribution is 2.00. The SMILES string of the molecule is CN=C(NCCCCOCCc1ccccc1)NCc1ccco1. The molecule has 0 radical (unpaired) electrons. The number of rotatable bonds is 10. The van der Waals surface area contributed by atoms with Crippen LogP contribution in [-0.2, 0) is 17.7 Å². The van der Waals surface area contributed by atoms with E-state index in [0.29, 0.717) is 6.54 Å². The Morgan fingerprint density at radius 3 is 2.67 bits per heavy atom. The molecule has 2 N–H and O–H groups in total. The number of guanidine groups is 1. The molecule has 0 saturated carbocycles. The van der Waals surface area contributed by atoms with E-state index >= 15 is 0 Å². The maximum absolute atomic E-state index is 5.68. The highest BCUT2D eigenvalue weighted by atomic mass is 16.5. The summed E-state index contributed by atoms with van der Waals surface area (Å²) in [7, 11) is 1.77. The molecule has 2 rings (SSSR count). The molecular weight excluding hydrogens is 302 g/mol. The minimum absolute atomic E-state index is 0.634. The van der Waals surface area contributed by atoms with Crippen molar-refractivity contribution in [2.45, 2.75) is 25.8 Å². The predicted molar refractivity (Wildman–Crippen MR) is 97.1 cm³/mol. The molecule has 2 aromatic rings.